The van der Waals surface area contributed by atoms with E-state index in [0.717, 1.165) is 38.3 Å². The lowest BCUT2D eigenvalue weighted by Crippen LogP contribution is -2.38. The summed E-state index contributed by atoms with van der Waals surface area (Å²) in [7, 11) is 0. The third kappa shape index (κ3) is 3.88. The minimum absolute atomic E-state index is 0.122. The van der Waals surface area contributed by atoms with Gasteiger partial charge in [0.1, 0.15) is 5.69 Å². The maximum Gasteiger partial charge on any atom is 0.267 e. The Balaban J connectivity index is 1.67. The number of nitrogens with zero attached hydrogens (tertiary/aromatic N) is 5. The molecule has 0 radical (unpaired) electrons. The summed E-state index contributed by atoms with van der Waals surface area (Å²) in [6, 6.07) is 4.46. The summed E-state index contributed by atoms with van der Waals surface area (Å²) in [6.07, 6.45) is 6.48. The number of nitrogens with two attached hydrogens (primary N) is 1. The number of carbonyl (C=O) groups is 1. The predicted octanol–water partition coefficient (Wildman–Crippen LogP) is 3.07. The maximum atomic E-state index is 12.0. The lowest BCUT2D eigenvalue weighted by molar-refractivity contribution is 0.0994. The van der Waals surface area contributed by atoms with Crippen LogP contribution in [0.2, 0.25) is 0 Å². The zero-order valence-corrected chi connectivity index (χ0v) is 17.8. The van der Waals surface area contributed by atoms with E-state index in [1.54, 1.807) is 0 Å². The Morgan fingerprint density at radius 2 is 2.00 bits per heavy atom. The minimum Gasteiger partial charge on any atom is -0.371 e. The van der Waals surface area contributed by atoms with Gasteiger partial charge in [-0.3, -0.25) is 14.4 Å². The maximum absolute atomic E-state index is 12.0. The molecular weight excluding hydrogens is 364 g/mol. The number of fused-ring (bicyclic) bond motifs is 1. The van der Waals surface area contributed by atoms with Gasteiger partial charge in [0.15, 0.2) is 0 Å². The van der Waals surface area contributed by atoms with Crippen molar-refractivity contribution in [3.8, 4) is 0 Å². The number of primary amides is 1. The van der Waals surface area contributed by atoms with Crippen LogP contribution in [0, 0.1) is 0 Å². The van der Waals surface area contributed by atoms with E-state index < -0.39 is 5.91 Å². The molecule has 2 aromatic rings. The molecule has 2 aliphatic heterocycles. The normalized spacial score (nSPS) is 20.1. The molecule has 4 heterocycles. The van der Waals surface area contributed by atoms with Gasteiger partial charge in [-0.1, -0.05) is 0 Å². The van der Waals surface area contributed by atoms with E-state index in [9.17, 15) is 4.79 Å². The second-order valence-corrected chi connectivity index (χ2v) is 8.56. The van der Waals surface area contributed by atoms with Crippen LogP contribution in [0.15, 0.2) is 18.3 Å². The average Bonchev–Trinajstić information content (AvgIpc) is 3.18. The highest BCUT2D eigenvalue weighted by Crippen LogP contribution is 2.36. The van der Waals surface area contributed by atoms with Crippen molar-refractivity contribution in [2.45, 2.75) is 65.1 Å². The van der Waals surface area contributed by atoms with Gasteiger partial charge in [0.05, 0.1) is 17.4 Å². The molecule has 0 bridgehead atoms. The molecule has 7 heteroatoms. The molecular formula is C22H32N6O. The van der Waals surface area contributed by atoms with Crippen LogP contribution in [-0.4, -0.2) is 45.2 Å². The number of carbonyl (C=O) groups excluding carboxylic acids is 1. The van der Waals surface area contributed by atoms with Crippen molar-refractivity contribution in [2.24, 2.45) is 5.73 Å². The summed E-state index contributed by atoms with van der Waals surface area (Å²) >= 11 is 0. The number of anilines is 1. The third-order valence-corrected chi connectivity index (χ3v) is 6.28. The fourth-order valence-electron chi connectivity index (χ4n) is 4.70. The lowest BCUT2D eigenvalue weighted by atomic mass is 9.94. The summed E-state index contributed by atoms with van der Waals surface area (Å²) < 4.78 is 2.08. The molecule has 29 heavy (non-hydrogen) atoms. The second kappa shape index (κ2) is 8.14. The topological polar surface area (TPSA) is 80.3 Å². The molecule has 1 saturated heterocycles. The van der Waals surface area contributed by atoms with Crippen LogP contribution in [0.1, 0.15) is 79.6 Å². The van der Waals surface area contributed by atoms with Gasteiger partial charge in [-0.2, -0.15) is 5.10 Å². The van der Waals surface area contributed by atoms with Crippen LogP contribution in [-0.2, 0) is 13.0 Å². The Bertz CT molecular complexity index is 883. The average molecular weight is 397 g/mol. The smallest absolute Gasteiger partial charge is 0.267 e. The van der Waals surface area contributed by atoms with Crippen LogP contribution >= 0.6 is 0 Å². The highest BCUT2D eigenvalue weighted by Gasteiger charge is 2.31. The van der Waals surface area contributed by atoms with Crippen molar-refractivity contribution in [3.63, 3.8) is 0 Å². The summed E-state index contributed by atoms with van der Waals surface area (Å²) in [4.78, 5) is 21.6. The molecule has 2 aliphatic rings. The molecule has 156 valence electrons. The van der Waals surface area contributed by atoms with Crippen molar-refractivity contribution < 1.29 is 4.79 Å². The number of hydrogen-bond donors (Lipinski definition) is 1. The number of hydrogen-bond acceptors (Lipinski definition) is 5. The van der Waals surface area contributed by atoms with Crippen molar-refractivity contribution in [1.82, 2.24) is 19.7 Å². The Labute approximate surface area is 172 Å². The third-order valence-electron chi connectivity index (χ3n) is 6.28. The van der Waals surface area contributed by atoms with Gasteiger partial charge in [0.2, 0.25) is 0 Å². The van der Waals surface area contributed by atoms with E-state index in [1.807, 2.05) is 12.3 Å². The van der Waals surface area contributed by atoms with E-state index in [-0.39, 0.29) is 6.04 Å². The highest BCUT2D eigenvalue weighted by atomic mass is 16.1. The van der Waals surface area contributed by atoms with Crippen molar-refractivity contribution in [2.75, 3.05) is 24.5 Å². The first-order valence-corrected chi connectivity index (χ1v) is 10.8. The Morgan fingerprint density at radius 3 is 2.69 bits per heavy atom. The van der Waals surface area contributed by atoms with Gasteiger partial charge in [-0.25, -0.2) is 4.98 Å². The number of amides is 1. The molecule has 0 spiro atoms. The van der Waals surface area contributed by atoms with E-state index in [2.05, 4.69) is 46.4 Å². The number of aromatic nitrogens is 3. The molecule has 0 aromatic carbocycles. The van der Waals surface area contributed by atoms with Crippen LogP contribution in [0.3, 0.4) is 0 Å². The summed E-state index contributed by atoms with van der Waals surface area (Å²) in [6.45, 7) is 10.4. The van der Waals surface area contributed by atoms with E-state index in [0.29, 0.717) is 11.7 Å². The van der Waals surface area contributed by atoms with Gasteiger partial charge in [-0.15, -0.1) is 0 Å². The summed E-state index contributed by atoms with van der Waals surface area (Å²) in [5.74, 6) is -0.451. The first kappa shape index (κ1) is 19.9. The predicted molar refractivity (Wildman–Crippen MR) is 114 cm³/mol. The quantitative estimate of drug-likeness (QED) is 0.840. The second-order valence-electron chi connectivity index (χ2n) is 8.56. The number of rotatable bonds is 5. The fraction of sp³-hybridized carbons (Fsp3) is 0.591. The fourth-order valence-corrected chi connectivity index (χ4v) is 4.70. The Kier molecular flexibility index (Phi) is 5.58. The van der Waals surface area contributed by atoms with Crippen LogP contribution in [0.25, 0.3) is 0 Å². The Hall–Kier alpha value is -2.41. The van der Waals surface area contributed by atoms with E-state index >= 15 is 0 Å². The van der Waals surface area contributed by atoms with Gasteiger partial charge < -0.3 is 10.6 Å². The first-order valence-electron chi connectivity index (χ1n) is 10.8. The van der Waals surface area contributed by atoms with Gasteiger partial charge in [0.25, 0.3) is 5.91 Å². The van der Waals surface area contributed by atoms with E-state index in [4.69, 9.17) is 10.7 Å². The van der Waals surface area contributed by atoms with Crippen LogP contribution in [0.4, 0.5) is 5.69 Å². The zero-order chi connectivity index (χ0) is 20.5. The lowest BCUT2D eigenvalue weighted by Gasteiger charge is -2.38. The molecule has 0 saturated carbocycles. The van der Waals surface area contributed by atoms with Crippen molar-refractivity contribution >= 4 is 11.6 Å². The summed E-state index contributed by atoms with van der Waals surface area (Å²) in [5, 5.41) is 4.47. The first-order chi connectivity index (χ1) is 14.0. The van der Waals surface area contributed by atoms with Gasteiger partial charge in [0, 0.05) is 44.1 Å². The molecule has 0 unspecified atom stereocenters. The number of piperidine rings is 1. The zero-order valence-electron chi connectivity index (χ0n) is 17.8. The van der Waals surface area contributed by atoms with Crippen LogP contribution in [0.5, 0.6) is 0 Å². The molecule has 1 amide bonds. The SMILES string of the molecule is CC(C)n1nccc1CN1CCc2c(N3CCCCC3)cc(C(N)=O)nc2[C@H]1C. The van der Waals surface area contributed by atoms with Gasteiger partial charge >= 0.3 is 0 Å². The Morgan fingerprint density at radius 1 is 1.24 bits per heavy atom. The standard InChI is InChI=1S/C22H32N6O/c1-15(2)28-17(7-9-24-28)14-27-12-8-18-20(26-10-5-4-6-11-26)13-19(22(23)29)25-21(18)16(27)3/h7,9,13,15-16H,4-6,8,10-12,14H2,1-3H3,(H2,23,29)/t16-/m1/s1. The van der Waals surface area contributed by atoms with E-state index in [1.165, 1.54) is 36.2 Å². The molecule has 1 fully saturated rings. The van der Waals surface area contributed by atoms with Crippen molar-refractivity contribution in [3.05, 3.63) is 41.0 Å². The van der Waals surface area contributed by atoms with Gasteiger partial charge in [-0.05, 0) is 64.2 Å². The highest BCUT2D eigenvalue weighted by molar-refractivity contribution is 5.92. The summed E-state index contributed by atoms with van der Waals surface area (Å²) in [5.41, 5.74) is 10.7. The molecule has 2 aromatic heterocycles. The van der Waals surface area contributed by atoms with Crippen LogP contribution < -0.4 is 10.6 Å². The monoisotopic (exact) mass is 396 g/mol. The number of pyridine rings is 1. The molecule has 2 N–H and O–H groups in total. The van der Waals surface area contributed by atoms with Crippen molar-refractivity contribution in [1.29, 1.82) is 0 Å². The molecule has 0 aliphatic carbocycles. The minimum atomic E-state index is -0.451. The molecule has 1 atom stereocenters. The largest absolute Gasteiger partial charge is 0.371 e. The molecule has 4 rings (SSSR count). The molecule has 7 nitrogen and oxygen atoms in total.